The maximum Gasteiger partial charge on any atom is 0.122 e. The van der Waals surface area contributed by atoms with E-state index in [1.165, 1.54) is 19.3 Å². The predicted molar refractivity (Wildman–Crippen MR) is 82.3 cm³/mol. The molecule has 1 aliphatic heterocycles. The quantitative estimate of drug-likeness (QED) is 0.653. The van der Waals surface area contributed by atoms with Crippen molar-refractivity contribution in [2.24, 2.45) is 11.1 Å². The van der Waals surface area contributed by atoms with E-state index < -0.39 is 0 Å². The van der Waals surface area contributed by atoms with Crippen molar-refractivity contribution < 1.29 is 0 Å². The van der Waals surface area contributed by atoms with Crippen molar-refractivity contribution in [2.45, 2.75) is 33.1 Å². The van der Waals surface area contributed by atoms with Gasteiger partial charge in [0.25, 0.3) is 0 Å². The molecule has 1 fully saturated rings. The molecule has 1 aliphatic rings. The molecular weight excluding hydrogens is 258 g/mol. The zero-order chi connectivity index (χ0) is 14.0. The van der Waals surface area contributed by atoms with Gasteiger partial charge >= 0.3 is 0 Å². The van der Waals surface area contributed by atoms with Crippen molar-refractivity contribution in [2.75, 3.05) is 18.0 Å². The number of benzene rings is 1. The summed E-state index contributed by atoms with van der Waals surface area (Å²) in [6.45, 7) is 6.67. The minimum Gasteiger partial charge on any atom is -0.384 e. The molecule has 0 amide bonds. The normalized spacial score (nSPS) is 17.7. The molecule has 0 unspecified atom stereocenters. The second-order valence-corrected chi connectivity index (χ2v) is 5.87. The minimum atomic E-state index is 0.0614. The maximum atomic E-state index is 7.44. The molecule has 0 aromatic heterocycles. The van der Waals surface area contributed by atoms with Crippen LogP contribution in [0, 0.1) is 10.8 Å². The van der Waals surface area contributed by atoms with Crippen LogP contribution in [0.25, 0.3) is 0 Å². The van der Waals surface area contributed by atoms with Crippen LogP contribution < -0.4 is 10.6 Å². The highest BCUT2D eigenvalue weighted by molar-refractivity contribution is 6.33. The molecule has 3 nitrogen and oxygen atoms in total. The van der Waals surface area contributed by atoms with Crippen molar-refractivity contribution in [3.05, 3.63) is 28.8 Å². The van der Waals surface area contributed by atoms with Crippen LogP contribution >= 0.6 is 11.6 Å². The van der Waals surface area contributed by atoms with Gasteiger partial charge in [-0.1, -0.05) is 25.4 Å². The Morgan fingerprint density at radius 2 is 2.11 bits per heavy atom. The van der Waals surface area contributed by atoms with Crippen molar-refractivity contribution in [1.82, 2.24) is 0 Å². The molecule has 1 saturated heterocycles. The average molecular weight is 280 g/mol. The van der Waals surface area contributed by atoms with E-state index in [0.29, 0.717) is 16.0 Å². The van der Waals surface area contributed by atoms with E-state index in [4.69, 9.17) is 22.7 Å². The Hall–Kier alpha value is -1.22. The molecule has 1 heterocycles. The third-order valence-electron chi connectivity index (χ3n) is 4.54. The van der Waals surface area contributed by atoms with Crippen molar-refractivity contribution in [1.29, 1.82) is 5.41 Å². The fourth-order valence-corrected chi connectivity index (χ4v) is 3.20. The third-order valence-corrected chi connectivity index (χ3v) is 4.84. The van der Waals surface area contributed by atoms with Crippen molar-refractivity contribution >= 4 is 23.1 Å². The highest BCUT2D eigenvalue weighted by Crippen LogP contribution is 2.40. The lowest BCUT2D eigenvalue weighted by molar-refractivity contribution is 0.301. The lowest BCUT2D eigenvalue weighted by atomic mass is 9.82. The lowest BCUT2D eigenvalue weighted by Gasteiger charge is -2.27. The van der Waals surface area contributed by atoms with Gasteiger partial charge in [-0.2, -0.15) is 0 Å². The summed E-state index contributed by atoms with van der Waals surface area (Å²) in [5.41, 5.74) is 7.67. The number of hydrogen-bond acceptors (Lipinski definition) is 2. The number of nitrogens with zero attached hydrogens (tertiary/aromatic N) is 1. The number of nitrogens with two attached hydrogens (primary N) is 1. The molecule has 1 aromatic rings. The SMILES string of the molecule is CCC1(CC)CCN(c2ccc(C(=N)N)cc2Cl)C1. The number of rotatable bonds is 4. The number of hydrogen-bond donors (Lipinski definition) is 2. The van der Waals surface area contributed by atoms with Crippen LogP contribution in [0.1, 0.15) is 38.7 Å². The van der Waals surface area contributed by atoms with Gasteiger partial charge in [-0.05, 0) is 42.9 Å². The van der Waals surface area contributed by atoms with Crippen LogP contribution in [-0.2, 0) is 0 Å². The Morgan fingerprint density at radius 1 is 1.42 bits per heavy atom. The molecule has 0 aliphatic carbocycles. The summed E-state index contributed by atoms with van der Waals surface area (Å²) in [6.07, 6.45) is 3.65. The summed E-state index contributed by atoms with van der Waals surface area (Å²) >= 11 is 6.34. The molecule has 1 aromatic carbocycles. The van der Waals surface area contributed by atoms with Crippen LogP contribution in [0.2, 0.25) is 5.02 Å². The first-order valence-corrected chi connectivity index (χ1v) is 7.28. The largest absolute Gasteiger partial charge is 0.384 e. The summed E-state index contributed by atoms with van der Waals surface area (Å²) in [6, 6.07) is 5.65. The minimum absolute atomic E-state index is 0.0614. The number of anilines is 1. The number of nitrogen functional groups attached to an aromatic ring is 1. The average Bonchev–Trinajstić information content (AvgIpc) is 2.83. The number of amidine groups is 1. The molecule has 0 atom stereocenters. The molecule has 0 bridgehead atoms. The highest BCUT2D eigenvalue weighted by atomic mass is 35.5. The van der Waals surface area contributed by atoms with Gasteiger partial charge in [-0.15, -0.1) is 0 Å². The second kappa shape index (κ2) is 5.41. The zero-order valence-electron chi connectivity index (χ0n) is 11.7. The number of nitrogens with one attached hydrogen (secondary N) is 1. The van der Waals surface area contributed by atoms with E-state index >= 15 is 0 Å². The third kappa shape index (κ3) is 2.71. The van der Waals surface area contributed by atoms with Gasteiger partial charge in [0.2, 0.25) is 0 Å². The fraction of sp³-hybridized carbons (Fsp3) is 0.533. The molecule has 4 heteroatoms. The van der Waals surface area contributed by atoms with Crippen molar-refractivity contribution in [3.63, 3.8) is 0 Å². The van der Waals surface area contributed by atoms with Gasteiger partial charge in [0.05, 0.1) is 10.7 Å². The van der Waals surface area contributed by atoms with E-state index in [0.717, 1.165) is 18.8 Å². The first-order chi connectivity index (χ1) is 9.01. The Bertz CT molecular complexity index is 480. The summed E-state index contributed by atoms with van der Waals surface area (Å²) in [5, 5.41) is 8.13. The number of halogens is 1. The van der Waals surface area contributed by atoms with E-state index in [2.05, 4.69) is 18.7 Å². The summed E-state index contributed by atoms with van der Waals surface area (Å²) in [4.78, 5) is 2.36. The summed E-state index contributed by atoms with van der Waals surface area (Å²) < 4.78 is 0. The Morgan fingerprint density at radius 3 is 2.58 bits per heavy atom. The molecule has 0 saturated carbocycles. The Balaban J connectivity index is 2.22. The first-order valence-electron chi connectivity index (χ1n) is 6.90. The monoisotopic (exact) mass is 279 g/mol. The standard InChI is InChI=1S/C15H22ClN3/c1-3-15(4-2)7-8-19(10-15)13-6-5-11(14(17)18)9-12(13)16/h5-6,9H,3-4,7-8,10H2,1-2H3,(H3,17,18). The van der Waals surface area contributed by atoms with Crippen LogP contribution in [-0.4, -0.2) is 18.9 Å². The molecule has 2 rings (SSSR count). The molecule has 3 N–H and O–H groups in total. The Kier molecular flexibility index (Phi) is 4.04. The van der Waals surface area contributed by atoms with Gasteiger partial charge in [0, 0.05) is 18.7 Å². The van der Waals surface area contributed by atoms with Crippen LogP contribution in [0.3, 0.4) is 0 Å². The topological polar surface area (TPSA) is 53.1 Å². The molecule has 104 valence electrons. The van der Waals surface area contributed by atoms with Gasteiger partial charge in [0.15, 0.2) is 0 Å². The molecule has 19 heavy (non-hydrogen) atoms. The molecule has 0 spiro atoms. The fourth-order valence-electron chi connectivity index (χ4n) is 2.90. The van der Waals surface area contributed by atoms with E-state index in [-0.39, 0.29) is 5.84 Å². The maximum absolute atomic E-state index is 7.44. The smallest absolute Gasteiger partial charge is 0.122 e. The van der Waals surface area contributed by atoms with E-state index in [9.17, 15) is 0 Å². The predicted octanol–water partition coefficient (Wildman–Crippen LogP) is 3.64. The first kappa shape index (κ1) is 14.2. The summed E-state index contributed by atoms with van der Waals surface area (Å²) in [5.74, 6) is 0.0614. The van der Waals surface area contributed by atoms with E-state index in [1.807, 2.05) is 12.1 Å². The van der Waals surface area contributed by atoms with Crippen LogP contribution in [0.5, 0.6) is 0 Å². The van der Waals surface area contributed by atoms with Gasteiger partial charge < -0.3 is 10.6 Å². The second-order valence-electron chi connectivity index (χ2n) is 5.46. The lowest BCUT2D eigenvalue weighted by Crippen LogP contribution is -2.26. The summed E-state index contributed by atoms with van der Waals surface area (Å²) in [7, 11) is 0. The van der Waals surface area contributed by atoms with E-state index in [1.54, 1.807) is 6.07 Å². The zero-order valence-corrected chi connectivity index (χ0v) is 12.4. The Labute approximate surface area is 120 Å². The van der Waals surface area contributed by atoms with Gasteiger partial charge in [-0.25, -0.2) is 0 Å². The van der Waals surface area contributed by atoms with Gasteiger partial charge in [0.1, 0.15) is 5.84 Å². The molecular formula is C15H22ClN3. The van der Waals surface area contributed by atoms with Crippen LogP contribution in [0.15, 0.2) is 18.2 Å². The van der Waals surface area contributed by atoms with Gasteiger partial charge in [-0.3, -0.25) is 5.41 Å². The highest BCUT2D eigenvalue weighted by Gasteiger charge is 2.35. The van der Waals surface area contributed by atoms with Crippen molar-refractivity contribution in [3.8, 4) is 0 Å². The van der Waals surface area contributed by atoms with Crippen LogP contribution in [0.4, 0.5) is 5.69 Å². The molecule has 0 radical (unpaired) electrons.